The van der Waals surface area contributed by atoms with Crippen molar-refractivity contribution in [3.63, 3.8) is 0 Å². The molecule has 2 aromatic rings. The van der Waals surface area contributed by atoms with Gasteiger partial charge in [-0.1, -0.05) is 18.2 Å². The number of ether oxygens (including phenoxy) is 2. The van der Waals surface area contributed by atoms with Crippen molar-refractivity contribution in [2.24, 2.45) is 35.5 Å². The second-order valence-corrected chi connectivity index (χ2v) is 9.12. The Morgan fingerprint density at radius 2 is 1.48 bits per heavy atom. The van der Waals surface area contributed by atoms with Crippen molar-refractivity contribution < 1.29 is 28.7 Å². The third-order valence-corrected chi connectivity index (χ3v) is 7.49. The summed E-state index contributed by atoms with van der Waals surface area (Å²) in [6.07, 6.45) is 5.37. The predicted molar refractivity (Wildman–Crippen MR) is 116 cm³/mol. The molecule has 0 aromatic heterocycles. The number of nitrogens with zero attached hydrogens (tertiary/aromatic N) is 1. The van der Waals surface area contributed by atoms with E-state index in [-0.39, 0.29) is 46.8 Å². The van der Waals surface area contributed by atoms with Gasteiger partial charge in [-0.05, 0) is 72.6 Å². The lowest BCUT2D eigenvalue weighted by Gasteiger charge is -2.37. The molecule has 2 bridgehead atoms. The summed E-state index contributed by atoms with van der Waals surface area (Å²) in [6.45, 7) is 0. The average molecular weight is 443 g/mol. The van der Waals surface area contributed by atoms with Gasteiger partial charge in [-0.25, -0.2) is 14.5 Å². The van der Waals surface area contributed by atoms with Crippen molar-refractivity contribution in [3.05, 3.63) is 71.8 Å². The maximum Gasteiger partial charge on any atom is 0.343 e. The molecule has 5 aliphatic rings. The Kier molecular flexibility index (Phi) is 4.30. The molecule has 2 amide bonds. The minimum absolute atomic E-state index is 0.146. The molecule has 1 heterocycles. The first kappa shape index (κ1) is 19.9. The molecule has 0 radical (unpaired) electrons. The number of benzene rings is 2. The summed E-state index contributed by atoms with van der Waals surface area (Å²) in [7, 11) is 1.29. The Morgan fingerprint density at radius 3 is 2.09 bits per heavy atom. The molecular weight excluding hydrogens is 422 g/mol. The van der Waals surface area contributed by atoms with Gasteiger partial charge in [-0.15, -0.1) is 0 Å². The first-order valence-corrected chi connectivity index (χ1v) is 11.0. The van der Waals surface area contributed by atoms with Crippen LogP contribution < -0.4 is 9.64 Å². The number of amides is 2. The van der Waals surface area contributed by atoms with E-state index in [2.05, 4.69) is 16.9 Å². The van der Waals surface area contributed by atoms with Crippen molar-refractivity contribution >= 4 is 29.4 Å². The van der Waals surface area contributed by atoms with Crippen molar-refractivity contribution in [3.8, 4) is 5.75 Å². The molecule has 33 heavy (non-hydrogen) atoms. The van der Waals surface area contributed by atoms with Gasteiger partial charge in [0.15, 0.2) is 0 Å². The maximum atomic E-state index is 13.3. The lowest BCUT2D eigenvalue weighted by atomic mass is 9.63. The third-order valence-electron chi connectivity index (χ3n) is 7.49. The Hall–Kier alpha value is -3.74. The van der Waals surface area contributed by atoms with Gasteiger partial charge in [0.25, 0.3) is 0 Å². The SMILES string of the molecule is COC(=O)c1ccc(OC(=O)c2cccc(N3C(=O)[C@H]4[C@@H]5C=C[C@H]([C@H]6C[C@H]56)[C@@H]4C3=O)c2)cc1. The van der Waals surface area contributed by atoms with Gasteiger partial charge in [-0.3, -0.25) is 9.59 Å². The van der Waals surface area contributed by atoms with Crippen LogP contribution in [0.4, 0.5) is 5.69 Å². The fourth-order valence-electron chi connectivity index (χ4n) is 5.93. The Balaban J connectivity index is 1.23. The molecule has 7 nitrogen and oxygen atoms in total. The van der Waals surface area contributed by atoms with Crippen LogP contribution in [-0.4, -0.2) is 30.9 Å². The molecule has 4 aliphatic carbocycles. The van der Waals surface area contributed by atoms with E-state index in [1.165, 1.54) is 42.3 Å². The number of rotatable bonds is 4. The quantitative estimate of drug-likeness (QED) is 0.312. The lowest BCUT2D eigenvalue weighted by molar-refractivity contribution is -0.124. The Labute approximate surface area is 190 Å². The molecule has 166 valence electrons. The van der Waals surface area contributed by atoms with Gasteiger partial charge in [0, 0.05) is 0 Å². The van der Waals surface area contributed by atoms with Crippen LogP contribution in [0.25, 0.3) is 0 Å². The highest BCUT2D eigenvalue weighted by Crippen LogP contribution is 2.65. The summed E-state index contributed by atoms with van der Waals surface area (Å²) in [5, 5.41) is 0. The number of esters is 2. The van der Waals surface area contributed by atoms with Crippen LogP contribution in [0.3, 0.4) is 0 Å². The largest absolute Gasteiger partial charge is 0.465 e. The van der Waals surface area contributed by atoms with Crippen LogP contribution in [0.5, 0.6) is 5.75 Å². The summed E-state index contributed by atoms with van der Waals surface area (Å²) < 4.78 is 10.1. The summed E-state index contributed by atoms with van der Waals surface area (Å²) in [6, 6.07) is 12.4. The monoisotopic (exact) mass is 443 g/mol. The molecular formula is C26H21NO6. The van der Waals surface area contributed by atoms with Crippen molar-refractivity contribution in [2.75, 3.05) is 12.0 Å². The van der Waals surface area contributed by atoms with E-state index in [9.17, 15) is 19.2 Å². The van der Waals surface area contributed by atoms with Crippen LogP contribution in [0, 0.1) is 35.5 Å². The number of carbonyl (C=O) groups excluding carboxylic acids is 4. The highest BCUT2D eigenvalue weighted by molar-refractivity contribution is 6.23. The van der Waals surface area contributed by atoms with Crippen LogP contribution in [0.15, 0.2) is 60.7 Å². The smallest absolute Gasteiger partial charge is 0.343 e. The molecule has 7 rings (SSSR count). The number of allylic oxidation sites excluding steroid dienone is 2. The predicted octanol–water partition coefficient (Wildman–Crippen LogP) is 3.25. The third kappa shape index (κ3) is 2.95. The van der Waals surface area contributed by atoms with Gasteiger partial charge in [-0.2, -0.15) is 0 Å². The van der Waals surface area contributed by atoms with E-state index in [1.54, 1.807) is 18.2 Å². The molecule has 2 aromatic carbocycles. The van der Waals surface area contributed by atoms with Crippen molar-refractivity contribution in [2.45, 2.75) is 6.42 Å². The zero-order chi connectivity index (χ0) is 22.9. The number of methoxy groups -OCH3 is 1. The molecule has 1 saturated heterocycles. The maximum absolute atomic E-state index is 13.3. The minimum Gasteiger partial charge on any atom is -0.465 e. The normalized spacial score (nSPS) is 30.6. The zero-order valence-corrected chi connectivity index (χ0v) is 17.8. The molecule has 2 saturated carbocycles. The zero-order valence-electron chi connectivity index (χ0n) is 17.8. The summed E-state index contributed by atoms with van der Waals surface area (Å²) >= 11 is 0. The van der Waals surface area contributed by atoms with E-state index >= 15 is 0 Å². The van der Waals surface area contributed by atoms with Crippen LogP contribution in [0.1, 0.15) is 27.1 Å². The molecule has 0 spiro atoms. The van der Waals surface area contributed by atoms with Gasteiger partial charge in [0.05, 0.1) is 35.8 Å². The fraction of sp³-hybridized carbons (Fsp3) is 0.308. The molecule has 1 aliphatic heterocycles. The standard InChI is InChI=1S/C26H21NO6/c1-32-25(30)13-5-7-16(8-6-13)33-26(31)14-3-2-4-15(11-14)27-23(28)21-17-9-10-18(20-12-19(17)20)22(21)24(27)29/h2-11,17-22H,12H2,1H3/t17-,18-,19-,20-,21+,22+/m1/s1. The number of anilines is 1. The molecule has 0 N–H and O–H groups in total. The van der Waals surface area contributed by atoms with Gasteiger partial charge in [0.2, 0.25) is 11.8 Å². The average Bonchev–Trinajstić information content (AvgIpc) is 3.62. The topological polar surface area (TPSA) is 90.0 Å². The molecule has 7 heteroatoms. The number of hydrogen-bond acceptors (Lipinski definition) is 6. The van der Waals surface area contributed by atoms with E-state index in [4.69, 9.17) is 4.74 Å². The van der Waals surface area contributed by atoms with Crippen LogP contribution in [0.2, 0.25) is 0 Å². The number of hydrogen-bond donors (Lipinski definition) is 0. The molecule has 6 atom stereocenters. The molecule has 0 unspecified atom stereocenters. The van der Waals surface area contributed by atoms with Crippen molar-refractivity contribution in [1.82, 2.24) is 0 Å². The highest BCUT2D eigenvalue weighted by atomic mass is 16.5. The van der Waals surface area contributed by atoms with Gasteiger partial charge >= 0.3 is 11.9 Å². The Bertz CT molecular complexity index is 1200. The van der Waals surface area contributed by atoms with Crippen molar-refractivity contribution in [1.29, 1.82) is 0 Å². The van der Waals surface area contributed by atoms with Gasteiger partial charge < -0.3 is 9.47 Å². The van der Waals surface area contributed by atoms with Crippen LogP contribution >= 0.6 is 0 Å². The second-order valence-electron chi connectivity index (χ2n) is 9.12. The number of carbonyl (C=O) groups is 4. The van der Waals surface area contributed by atoms with E-state index in [1.807, 2.05) is 0 Å². The summed E-state index contributed by atoms with van der Waals surface area (Å²) in [5.74, 6) is -0.407. The second kappa shape index (κ2) is 7.13. The summed E-state index contributed by atoms with van der Waals surface area (Å²) in [5.41, 5.74) is 0.958. The minimum atomic E-state index is -0.623. The lowest BCUT2D eigenvalue weighted by Crippen LogP contribution is -2.40. The van der Waals surface area contributed by atoms with E-state index in [0.717, 1.165) is 6.42 Å². The van der Waals surface area contributed by atoms with E-state index < -0.39 is 11.9 Å². The van der Waals surface area contributed by atoms with Crippen LogP contribution in [-0.2, 0) is 14.3 Å². The first-order chi connectivity index (χ1) is 16.0. The summed E-state index contributed by atoms with van der Waals surface area (Å²) in [4.78, 5) is 52.1. The van der Waals surface area contributed by atoms with Gasteiger partial charge in [0.1, 0.15) is 5.75 Å². The fourth-order valence-corrected chi connectivity index (χ4v) is 5.93. The number of imide groups is 1. The Morgan fingerprint density at radius 1 is 0.848 bits per heavy atom. The first-order valence-electron chi connectivity index (χ1n) is 11.0. The highest BCUT2D eigenvalue weighted by Gasteiger charge is 2.67. The molecule has 3 fully saturated rings. The van der Waals surface area contributed by atoms with E-state index in [0.29, 0.717) is 23.1 Å².